The summed E-state index contributed by atoms with van der Waals surface area (Å²) in [5.74, 6) is 0.167. The second kappa shape index (κ2) is 4.31. The third-order valence-corrected chi connectivity index (χ3v) is 2.49. The topological polar surface area (TPSA) is 63.4 Å². The molecule has 0 saturated carbocycles. The fourth-order valence-electron chi connectivity index (χ4n) is 1.65. The van der Waals surface area contributed by atoms with Crippen LogP contribution in [0.25, 0.3) is 0 Å². The number of nitrogens with zero attached hydrogens (tertiary/aromatic N) is 1. The average molecular weight is 212 g/mol. The van der Waals surface area contributed by atoms with Gasteiger partial charge in [0.15, 0.2) is 5.78 Å². The molecule has 0 aromatic carbocycles. The summed E-state index contributed by atoms with van der Waals surface area (Å²) in [6.07, 6.45) is 0.908. The monoisotopic (exact) mass is 212 g/mol. The first-order valence-corrected chi connectivity index (χ1v) is 5.36. The molecule has 1 unspecified atom stereocenters. The van der Waals surface area contributed by atoms with E-state index in [-0.39, 0.29) is 17.1 Å². The summed E-state index contributed by atoms with van der Waals surface area (Å²) in [5, 5.41) is 0. The lowest BCUT2D eigenvalue weighted by molar-refractivity contribution is -0.136. The number of amides is 1. The molecule has 1 amide bonds. The highest BCUT2D eigenvalue weighted by Crippen LogP contribution is 2.20. The quantitative estimate of drug-likeness (QED) is 0.690. The highest BCUT2D eigenvalue weighted by atomic mass is 16.2. The normalized spacial score (nSPS) is 23.1. The zero-order valence-electron chi connectivity index (χ0n) is 9.75. The number of carbonyl (C=O) groups is 2. The van der Waals surface area contributed by atoms with Crippen LogP contribution in [0.15, 0.2) is 0 Å². The molecule has 0 radical (unpaired) electrons. The van der Waals surface area contributed by atoms with Gasteiger partial charge >= 0.3 is 0 Å². The Morgan fingerprint density at radius 1 is 1.53 bits per heavy atom. The zero-order valence-corrected chi connectivity index (χ0v) is 9.75. The van der Waals surface area contributed by atoms with Crippen molar-refractivity contribution in [3.05, 3.63) is 0 Å². The summed E-state index contributed by atoms with van der Waals surface area (Å²) >= 11 is 0. The predicted octanol–water partition coefficient (Wildman–Crippen LogP) is 0.551. The molecule has 0 aromatic heterocycles. The van der Waals surface area contributed by atoms with Crippen molar-refractivity contribution in [1.82, 2.24) is 4.90 Å². The summed E-state index contributed by atoms with van der Waals surface area (Å²) in [6, 6.07) is -0.484. The van der Waals surface area contributed by atoms with E-state index >= 15 is 0 Å². The molecule has 0 aliphatic carbocycles. The fraction of sp³-hybridized carbons (Fsp3) is 0.818. The van der Waals surface area contributed by atoms with Crippen molar-refractivity contribution in [3.8, 4) is 0 Å². The Morgan fingerprint density at radius 3 is 2.60 bits per heavy atom. The van der Waals surface area contributed by atoms with Gasteiger partial charge in [-0.25, -0.2) is 0 Å². The van der Waals surface area contributed by atoms with Crippen LogP contribution in [0.4, 0.5) is 0 Å². The van der Waals surface area contributed by atoms with Crippen LogP contribution in [0.5, 0.6) is 0 Å². The smallest absolute Gasteiger partial charge is 0.223 e. The molecule has 1 rings (SSSR count). The number of carbonyl (C=O) groups excluding carboxylic acids is 2. The van der Waals surface area contributed by atoms with Crippen LogP contribution in [-0.2, 0) is 9.59 Å². The van der Waals surface area contributed by atoms with Crippen molar-refractivity contribution in [2.24, 2.45) is 11.1 Å². The third kappa shape index (κ3) is 3.63. The van der Waals surface area contributed by atoms with E-state index in [0.29, 0.717) is 25.9 Å². The van der Waals surface area contributed by atoms with E-state index in [1.807, 2.05) is 20.8 Å². The number of nitrogens with two attached hydrogens (primary N) is 1. The lowest BCUT2D eigenvalue weighted by Crippen LogP contribution is -2.51. The molecule has 86 valence electrons. The first kappa shape index (κ1) is 12.2. The van der Waals surface area contributed by atoms with Crippen LogP contribution in [-0.4, -0.2) is 35.7 Å². The molecule has 0 aromatic rings. The van der Waals surface area contributed by atoms with Gasteiger partial charge in [-0.05, 0) is 5.41 Å². The second-order valence-electron chi connectivity index (χ2n) is 5.40. The minimum Gasteiger partial charge on any atom is -0.340 e. The van der Waals surface area contributed by atoms with E-state index in [1.54, 1.807) is 4.90 Å². The molecule has 1 aliphatic heterocycles. The third-order valence-electron chi connectivity index (χ3n) is 2.49. The number of Topliss-reactive ketones (excluding diaryl/α,β-unsaturated/α-hetero) is 1. The molecule has 15 heavy (non-hydrogen) atoms. The summed E-state index contributed by atoms with van der Waals surface area (Å²) in [6.45, 7) is 7.00. The van der Waals surface area contributed by atoms with Gasteiger partial charge in [-0.2, -0.15) is 0 Å². The van der Waals surface area contributed by atoms with Crippen LogP contribution in [0, 0.1) is 5.41 Å². The zero-order chi connectivity index (χ0) is 11.6. The van der Waals surface area contributed by atoms with E-state index in [9.17, 15) is 9.59 Å². The molecule has 1 fully saturated rings. The molecule has 4 heteroatoms. The van der Waals surface area contributed by atoms with E-state index < -0.39 is 6.04 Å². The minimum atomic E-state index is -0.484. The Bertz CT molecular complexity index is 268. The van der Waals surface area contributed by atoms with Gasteiger partial charge in [0.2, 0.25) is 5.91 Å². The van der Waals surface area contributed by atoms with Gasteiger partial charge in [0, 0.05) is 25.9 Å². The minimum absolute atomic E-state index is 0.0113. The van der Waals surface area contributed by atoms with Crippen molar-refractivity contribution in [3.63, 3.8) is 0 Å². The highest BCUT2D eigenvalue weighted by Gasteiger charge is 2.28. The number of likely N-dealkylation sites (tertiary alicyclic amines) is 1. The number of hydrogen-bond donors (Lipinski definition) is 1. The van der Waals surface area contributed by atoms with E-state index in [4.69, 9.17) is 5.73 Å². The van der Waals surface area contributed by atoms with Crippen LogP contribution < -0.4 is 5.73 Å². The average Bonchev–Trinajstić information content (AvgIpc) is 2.06. The van der Waals surface area contributed by atoms with Crippen LogP contribution in [0.2, 0.25) is 0 Å². The van der Waals surface area contributed by atoms with Crippen molar-refractivity contribution >= 4 is 11.7 Å². The van der Waals surface area contributed by atoms with Crippen molar-refractivity contribution in [1.29, 1.82) is 0 Å². The summed E-state index contributed by atoms with van der Waals surface area (Å²) in [4.78, 5) is 24.7. The van der Waals surface area contributed by atoms with Gasteiger partial charge in [-0.15, -0.1) is 0 Å². The van der Waals surface area contributed by atoms with Gasteiger partial charge in [0.05, 0.1) is 6.04 Å². The molecule has 0 bridgehead atoms. The number of rotatable bonds is 1. The Hall–Kier alpha value is -0.900. The summed E-state index contributed by atoms with van der Waals surface area (Å²) in [7, 11) is 0. The number of ketones is 1. The summed E-state index contributed by atoms with van der Waals surface area (Å²) < 4.78 is 0. The highest BCUT2D eigenvalue weighted by molar-refractivity contribution is 5.87. The Balaban J connectivity index is 2.51. The Kier molecular flexibility index (Phi) is 3.50. The second-order valence-corrected chi connectivity index (χ2v) is 5.40. The maximum atomic E-state index is 11.8. The Morgan fingerprint density at radius 2 is 2.13 bits per heavy atom. The number of piperidine rings is 1. The van der Waals surface area contributed by atoms with Crippen LogP contribution >= 0.6 is 0 Å². The maximum absolute atomic E-state index is 11.8. The molecule has 1 aliphatic rings. The van der Waals surface area contributed by atoms with Crippen molar-refractivity contribution < 1.29 is 9.59 Å². The predicted molar refractivity (Wildman–Crippen MR) is 58.3 cm³/mol. The van der Waals surface area contributed by atoms with E-state index in [0.717, 1.165) is 0 Å². The Labute approximate surface area is 90.8 Å². The van der Waals surface area contributed by atoms with Gasteiger partial charge < -0.3 is 10.6 Å². The lowest BCUT2D eigenvalue weighted by atomic mass is 9.91. The first-order chi connectivity index (χ1) is 6.79. The van der Waals surface area contributed by atoms with Gasteiger partial charge in [-0.1, -0.05) is 20.8 Å². The fourth-order valence-corrected chi connectivity index (χ4v) is 1.65. The standard InChI is InChI=1S/C11H20N2O2/c1-11(2,3)6-10(15)13-5-4-9(14)8(12)7-13/h8H,4-7,12H2,1-3H3. The van der Waals surface area contributed by atoms with Crippen LogP contribution in [0.3, 0.4) is 0 Å². The molecule has 4 nitrogen and oxygen atoms in total. The van der Waals surface area contributed by atoms with Gasteiger partial charge in [0.1, 0.15) is 0 Å². The summed E-state index contributed by atoms with van der Waals surface area (Å²) in [5.41, 5.74) is 5.62. The largest absolute Gasteiger partial charge is 0.340 e. The van der Waals surface area contributed by atoms with E-state index in [1.165, 1.54) is 0 Å². The van der Waals surface area contributed by atoms with Gasteiger partial charge in [0.25, 0.3) is 0 Å². The molecule has 1 saturated heterocycles. The van der Waals surface area contributed by atoms with Crippen molar-refractivity contribution in [2.45, 2.75) is 39.7 Å². The molecule has 1 atom stereocenters. The molecule has 0 spiro atoms. The molecular weight excluding hydrogens is 192 g/mol. The first-order valence-electron chi connectivity index (χ1n) is 5.36. The maximum Gasteiger partial charge on any atom is 0.223 e. The molecular formula is C11H20N2O2. The molecule has 1 heterocycles. The number of hydrogen-bond acceptors (Lipinski definition) is 3. The van der Waals surface area contributed by atoms with Crippen LogP contribution in [0.1, 0.15) is 33.6 Å². The molecule has 2 N–H and O–H groups in total. The van der Waals surface area contributed by atoms with Gasteiger partial charge in [-0.3, -0.25) is 9.59 Å². The SMILES string of the molecule is CC(C)(C)CC(=O)N1CCC(=O)C(N)C1. The van der Waals surface area contributed by atoms with Crippen molar-refractivity contribution in [2.75, 3.05) is 13.1 Å². The van der Waals surface area contributed by atoms with E-state index in [2.05, 4.69) is 0 Å². The lowest BCUT2D eigenvalue weighted by Gasteiger charge is -2.32.